The second kappa shape index (κ2) is 7.10. The lowest BCUT2D eigenvalue weighted by Gasteiger charge is -2.36. The van der Waals surface area contributed by atoms with Crippen LogP contribution in [0.25, 0.3) is 0 Å². The Balaban J connectivity index is 2.38. The zero-order valence-corrected chi connectivity index (χ0v) is 12.5. The summed E-state index contributed by atoms with van der Waals surface area (Å²) in [7, 11) is 4.30. The second-order valence-electron chi connectivity index (χ2n) is 5.50. The van der Waals surface area contributed by atoms with E-state index in [9.17, 15) is 4.79 Å². The number of carbonyl (C=O) groups excluding carboxylic acids is 1. The van der Waals surface area contributed by atoms with E-state index in [2.05, 4.69) is 24.3 Å². The molecule has 0 aromatic carbocycles. The molecule has 0 saturated heterocycles. The molecule has 0 aliphatic heterocycles. The van der Waals surface area contributed by atoms with Crippen LogP contribution in [0.5, 0.6) is 0 Å². The van der Waals surface area contributed by atoms with Crippen molar-refractivity contribution >= 4 is 5.91 Å². The van der Waals surface area contributed by atoms with Crippen molar-refractivity contribution in [3.05, 3.63) is 0 Å². The van der Waals surface area contributed by atoms with E-state index >= 15 is 0 Å². The summed E-state index contributed by atoms with van der Waals surface area (Å²) < 4.78 is 0. The highest BCUT2D eigenvalue weighted by Crippen LogP contribution is 2.32. The molecule has 4 heteroatoms. The maximum absolute atomic E-state index is 11.9. The average molecular weight is 255 g/mol. The van der Waals surface area contributed by atoms with Crippen molar-refractivity contribution in [1.82, 2.24) is 15.1 Å². The fraction of sp³-hybridized carbons (Fsp3) is 0.929. The first-order chi connectivity index (χ1) is 8.55. The van der Waals surface area contributed by atoms with E-state index < -0.39 is 0 Å². The van der Waals surface area contributed by atoms with Gasteiger partial charge in [0.25, 0.3) is 0 Å². The van der Waals surface area contributed by atoms with Gasteiger partial charge in [-0.15, -0.1) is 0 Å². The van der Waals surface area contributed by atoms with Gasteiger partial charge < -0.3 is 15.1 Å². The van der Waals surface area contributed by atoms with E-state index in [0.29, 0.717) is 6.54 Å². The standard InChI is InChI=1S/C14H29N3O/c1-5-17(6-2)13(18)11-15-12-14(16(3)4)9-7-8-10-14/h15H,5-12H2,1-4H3. The van der Waals surface area contributed by atoms with Gasteiger partial charge in [0.05, 0.1) is 6.54 Å². The number of hydrogen-bond acceptors (Lipinski definition) is 3. The molecule has 0 aromatic heterocycles. The summed E-state index contributed by atoms with van der Waals surface area (Å²) in [5.74, 6) is 0.215. The molecule has 0 radical (unpaired) electrons. The first-order valence-electron chi connectivity index (χ1n) is 7.21. The molecule has 0 atom stereocenters. The smallest absolute Gasteiger partial charge is 0.236 e. The SMILES string of the molecule is CCN(CC)C(=O)CNCC1(N(C)C)CCCC1. The lowest BCUT2D eigenvalue weighted by atomic mass is 9.96. The molecule has 0 heterocycles. The molecule has 0 unspecified atom stereocenters. The Morgan fingerprint density at radius 2 is 1.72 bits per heavy atom. The molecule has 1 saturated carbocycles. The largest absolute Gasteiger partial charge is 0.342 e. The number of hydrogen-bond donors (Lipinski definition) is 1. The Kier molecular flexibility index (Phi) is 6.09. The van der Waals surface area contributed by atoms with Crippen LogP contribution in [0, 0.1) is 0 Å². The Morgan fingerprint density at radius 1 is 1.17 bits per heavy atom. The van der Waals surface area contributed by atoms with Crippen molar-refractivity contribution in [2.45, 2.75) is 45.1 Å². The second-order valence-corrected chi connectivity index (χ2v) is 5.50. The van der Waals surface area contributed by atoms with Crippen LogP contribution < -0.4 is 5.32 Å². The lowest BCUT2D eigenvalue weighted by Crippen LogP contribution is -2.51. The maximum atomic E-state index is 11.9. The van der Waals surface area contributed by atoms with E-state index in [1.807, 2.05) is 18.7 Å². The molecule has 1 aliphatic rings. The van der Waals surface area contributed by atoms with Gasteiger partial charge in [0, 0.05) is 25.2 Å². The summed E-state index contributed by atoms with van der Waals surface area (Å²) in [4.78, 5) is 16.1. The summed E-state index contributed by atoms with van der Waals surface area (Å²) in [6.07, 6.45) is 5.10. The van der Waals surface area contributed by atoms with Crippen molar-refractivity contribution in [2.75, 3.05) is 40.3 Å². The summed E-state index contributed by atoms with van der Waals surface area (Å²) in [5.41, 5.74) is 0.267. The van der Waals surface area contributed by atoms with Crippen LogP contribution >= 0.6 is 0 Å². The molecule has 0 bridgehead atoms. The summed E-state index contributed by atoms with van der Waals surface area (Å²) in [6, 6.07) is 0. The van der Waals surface area contributed by atoms with Gasteiger partial charge >= 0.3 is 0 Å². The summed E-state index contributed by atoms with van der Waals surface area (Å²) >= 11 is 0. The highest BCUT2D eigenvalue weighted by atomic mass is 16.2. The third-order valence-electron chi connectivity index (χ3n) is 4.33. The average Bonchev–Trinajstić information content (AvgIpc) is 2.80. The number of nitrogens with one attached hydrogen (secondary N) is 1. The number of nitrogens with zero attached hydrogens (tertiary/aromatic N) is 2. The van der Waals surface area contributed by atoms with Crippen LogP contribution in [0.3, 0.4) is 0 Å². The Labute approximate surface area is 112 Å². The molecule has 1 rings (SSSR count). The van der Waals surface area contributed by atoms with Crippen molar-refractivity contribution in [2.24, 2.45) is 0 Å². The topological polar surface area (TPSA) is 35.6 Å². The zero-order chi connectivity index (χ0) is 13.6. The van der Waals surface area contributed by atoms with E-state index in [1.165, 1.54) is 25.7 Å². The summed E-state index contributed by atoms with van der Waals surface area (Å²) in [6.45, 7) is 7.05. The van der Waals surface area contributed by atoms with Crippen LogP contribution in [0.4, 0.5) is 0 Å². The molecule has 0 aromatic rings. The molecule has 1 aliphatic carbocycles. The predicted octanol–water partition coefficient (Wildman–Crippen LogP) is 1.32. The molecule has 106 valence electrons. The van der Waals surface area contributed by atoms with E-state index in [-0.39, 0.29) is 11.4 Å². The highest BCUT2D eigenvalue weighted by molar-refractivity contribution is 5.78. The number of amides is 1. The molecule has 1 fully saturated rings. The van der Waals surface area contributed by atoms with Gasteiger partial charge in [-0.1, -0.05) is 12.8 Å². The number of rotatable bonds is 7. The highest BCUT2D eigenvalue weighted by Gasteiger charge is 2.35. The van der Waals surface area contributed by atoms with Gasteiger partial charge in [0.1, 0.15) is 0 Å². The van der Waals surface area contributed by atoms with E-state index in [4.69, 9.17) is 0 Å². The van der Waals surface area contributed by atoms with Crippen molar-refractivity contribution in [3.8, 4) is 0 Å². The molecular formula is C14H29N3O. The predicted molar refractivity (Wildman–Crippen MR) is 75.7 cm³/mol. The summed E-state index contributed by atoms with van der Waals surface area (Å²) in [5, 5.41) is 3.37. The van der Waals surface area contributed by atoms with Gasteiger partial charge in [-0.25, -0.2) is 0 Å². The van der Waals surface area contributed by atoms with E-state index in [1.54, 1.807) is 0 Å². The van der Waals surface area contributed by atoms with Gasteiger partial charge in [-0.3, -0.25) is 4.79 Å². The lowest BCUT2D eigenvalue weighted by molar-refractivity contribution is -0.129. The molecule has 18 heavy (non-hydrogen) atoms. The Hall–Kier alpha value is -0.610. The maximum Gasteiger partial charge on any atom is 0.236 e. The minimum Gasteiger partial charge on any atom is -0.342 e. The zero-order valence-electron chi connectivity index (χ0n) is 12.5. The van der Waals surface area contributed by atoms with Crippen molar-refractivity contribution in [3.63, 3.8) is 0 Å². The van der Waals surface area contributed by atoms with Gasteiger partial charge in [0.15, 0.2) is 0 Å². The van der Waals surface area contributed by atoms with Crippen LogP contribution in [-0.4, -0.2) is 61.5 Å². The van der Waals surface area contributed by atoms with Gasteiger partial charge in [0.2, 0.25) is 5.91 Å². The van der Waals surface area contributed by atoms with Crippen molar-refractivity contribution in [1.29, 1.82) is 0 Å². The van der Waals surface area contributed by atoms with E-state index in [0.717, 1.165) is 19.6 Å². The minimum atomic E-state index is 0.215. The first-order valence-corrected chi connectivity index (χ1v) is 7.21. The molecule has 1 amide bonds. The third kappa shape index (κ3) is 3.69. The Morgan fingerprint density at radius 3 is 2.17 bits per heavy atom. The molecule has 1 N–H and O–H groups in total. The first kappa shape index (κ1) is 15.4. The molecule has 0 spiro atoms. The van der Waals surface area contributed by atoms with Crippen LogP contribution in [-0.2, 0) is 4.79 Å². The van der Waals surface area contributed by atoms with Crippen LogP contribution in [0.15, 0.2) is 0 Å². The monoisotopic (exact) mass is 255 g/mol. The number of carbonyl (C=O) groups is 1. The van der Waals surface area contributed by atoms with Gasteiger partial charge in [-0.2, -0.15) is 0 Å². The minimum absolute atomic E-state index is 0.215. The van der Waals surface area contributed by atoms with Crippen molar-refractivity contribution < 1.29 is 4.79 Å². The Bertz CT molecular complexity index is 256. The normalized spacial score (nSPS) is 18.3. The third-order valence-corrected chi connectivity index (χ3v) is 4.33. The molecular weight excluding hydrogens is 226 g/mol. The van der Waals surface area contributed by atoms with Crippen LogP contribution in [0.2, 0.25) is 0 Å². The fourth-order valence-corrected chi connectivity index (χ4v) is 2.91. The molecule has 4 nitrogen and oxygen atoms in total. The number of likely N-dealkylation sites (N-methyl/N-ethyl adjacent to an activating group) is 2. The quantitative estimate of drug-likeness (QED) is 0.745. The fourth-order valence-electron chi connectivity index (χ4n) is 2.91. The van der Waals surface area contributed by atoms with Crippen LogP contribution in [0.1, 0.15) is 39.5 Å². The van der Waals surface area contributed by atoms with Gasteiger partial charge in [-0.05, 0) is 40.8 Å².